The van der Waals surface area contributed by atoms with Gasteiger partial charge in [0.1, 0.15) is 6.04 Å². The molecular weight excluding hydrogens is 252 g/mol. The zero-order valence-corrected chi connectivity index (χ0v) is 11.7. The molecule has 102 valence electrons. The standard InChI is InChI=1S/C12H20N2O3S/c1-8(2)5-13(9-3-4-9)12(17)14-7-18-6-10(14)11(15)16/h8-10H,3-7H2,1-2H3,(H,15,16). The lowest BCUT2D eigenvalue weighted by Gasteiger charge is -2.31. The maximum absolute atomic E-state index is 12.5. The number of urea groups is 1. The smallest absolute Gasteiger partial charge is 0.327 e. The Morgan fingerprint density at radius 1 is 1.44 bits per heavy atom. The van der Waals surface area contributed by atoms with Crippen LogP contribution in [0.5, 0.6) is 0 Å². The van der Waals surface area contributed by atoms with E-state index in [0.29, 0.717) is 23.6 Å². The third kappa shape index (κ3) is 2.91. The molecule has 2 rings (SSSR count). The lowest BCUT2D eigenvalue weighted by Crippen LogP contribution is -2.50. The molecule has 1 saturated carbocycles. The average molecular weight is 272 g/mol. The molecule has 1 unspecified atom stereocenters. The fourth-order valence-electron chi connectivity index (χ4n) is 2.16. The number of thioether (sulfide) groups is 1. The van der Waals surface area contributed by atoms with Crippen molar-refractivity contribution in [3.63, 3.8) is 0 Å². The van der Waals surface area contributed by atoms with Gasteiger partial charge in [0.15, 0.2) is 0 Å². The number of carbonyl (C=O) groups excluding carboxylic acids is 1. The number of carbonyl (C=O) groups is 2. The Bertz CT molecular complexity index is 344. The summed E-state index contributed by atoms with van der Waals surface area (Å²) in [5.41, 5.74) is 0. The van der Waals surface area contributed by atoms with Crippen molar-refractivity contribution in [1.29, 1.82) is 0 Å². The molecule has 0 aromatic rings. The van der Waals surface area contributed by atoms with E-state index in [1.807, 2.05) is 4.90 Å². The van der Waals surface area contributed by atoms with Crippen molar-refractivity contribution in [1.82, 2.24) is 9.80 Å². The molecule has 2 amide bonds. The minimum absolute atomic E-state index is 0.0939. The van der Waals surface area contributed by atoms with Gasteiger partial charge < -0.3 is 14.9 Å². The predicted octanol–water partition coefficient (Wildman–Crippen LogP) is 1.69. The van der Waals surface area contributed by atoms with Gasteiger partial charge in [-0.05, 0) is 18.8 Å². The number of carboxylic acids is 1. The Labute approximate surface area is 112 Å². The minimum atomic E-state index is -0.895. The molecule has 1 saturated heterocycles. The molecule has 1 heterocycles. The van der Waals surface area contributed by atoms with Gasteiger partial charge in [0.05, 0.1) is 5.88 Å². The van der Waals surface area contributed by atoms with Gasteiger partial charge in [0.25, 0.3) is 0 Å². The predicted molar refractivity (Wildman–Crippen MR) is 70.5 cm³/mol. The minimum Gasteiger partial charge on any atom is -0.480 e. The molecule has 2 aliphatic rings. The van der Waals surface area contributed by atoms with Gasteiger partial charge in [-0.15, -0.1) is 11.8 Å². The number of carboxylic acid groups (broad SMARTS) is 1. The van der Waals surface area contributed by atoms with Gasteiger partial charge in [-0.25, -0.2) is 9.59 Å². The monoisotopic (exact) mass is 272 g/mol. The Kier molecular flexibility index (Phi) is 4.04. The first kappa shape index (κ1) is 13.5. The topological polar surface area (TPSA) is 60.9 Å². The van der Waals surface area contributed by atoms with Gasteiger partial charge in [0.2, 0.25) is 0 Å². The van der Waals surface area contributed by atoms with Crippen LogP contribution in [0.1, 0.15) is 26.7 Å². The number of hydrogen-bond donors (Lipinski definition) is 1. The highest BCUT2D eigenvalue weighted by molar-refractivity contribution is 7.99. The van der Waals surface area contributed by atoms with Crippen LogP contribution in [0.15, 0.2) is 0 Å². The Morgan fingerprint density at radius 3 is 2.61 bits per heavy atom. The van der Waals surface area contributed by atoms with E-state index in [-0.39, 0.29) is 6.03 Å². The highest BCUT2D eigenvalue weighted by Crippen LogP contribution is 2.31. The van der Waals surface area contributed by atoms with E-state index in [1.165, 1.54) is 16.7 Å². The molecule has 1 N–H and O–H groups in total. The lowest BCUT2D eigenvalue weighted by molar-refractivity contribution is -0.141. The van der Waals surface area contributed by atoms with Gasteiger partial charge in [-0.1, -0.05) is 13.8 Å². The van der Waals surface area contributed by atoms with Crippen LogP contribution in [0, 0.1) is 5.92 Å². The van der Waals surface area contributed by atoms with E-state index in [4.69, 9.17) is 5.11 Å². The molecule has 0 aromatic heterocycles. The number of hydrogen-bond acceptors (Lipinski definition) is 3. The summed E-state index contributed by atoms with van der Waals surface area (Å²) in [5, 5.41) is 9.12. The number of nitrogens with zero attached hydrogens (tertiary/aromatic N) is 2. The summed E-state index contributed by atoms with van der Waals surface area (Å²) in [6.07, 6.45) is 2.11. The first-order valence-corrected chi connectivity index (χ1v) is 7.54. The Hall–Kier alpha value is -0.910. The quantitative estimate of drug-likeness (QED) is 0.846. The molecule has 2 fully saturated rings. The average Bonchev–Trinajstić information content (AvgIpc) is 3.00. The molecular formula is C12H20N2O3S. The first-order valence-electron chi connectivity index (χ1n) is 6.38. The van der Waals surface area contributed by atoms with E-state index in [0.717, 1.165) is 19.4 Å². The fourth-order valence-corrected chi connectivity index (χ4v) is 3.30. The zero-order valence-electron chi connectivity index (χ0n) is 10.8. The molecule has 1 aliphatic heterocycles. The summed E-state index contributed by atoms with van der Waals surface area (Å²) in [6.45, 7) is 4.88. The highest BCUT2D eigenvalue weighted by atomic mass is 32.2. The fraction of sp³-hybridized carbons (Fsp3) is 0.833. The van der Waals surface area contributed by atoms with Crippen LogP contribution in [0.4, 0.5) is 4.79 Å². The maximum atomic E-state index is 12.5. The third-order valence-electron chi connectivity index (χ3n) is 3.21. The lowest BCUT2D eigenvalue weighted by atomic mass is 10.2. The second-order valence-electron chi connectivity index (χ2n) is 5.38. The van der Waals surface area contributed by atoms with Crippen molar-refractivity contribution in [2.24, 2.45) is 5.92 Å². The van der Waals surface area contributed by atoms with Crippen molar-refractivity contribution in [3.05, 3.63) is 0 Å². The number of aliphatic carboxylic acids is 1. The van der Waals surface area contributed by atoms with E-state index < -0.39 is 12.0 Å². The van der Waals surface area contributed by atoms with Gasteiger partial charge in [-0.2, -0.15) is 0 Å². The molecule has 1 atom stereocenters. The van der Waals surface area contributed by atoms with Gasteiger partial charge in [-0.3, -0.25) is 0 Å². The van der Waals surface area contributed by atoms with Crippen molar-refractivity contribution in [2.45, 2.75) is 38.8 Å². The van der Waals surface area contributed by atoms with Gasteiger partial charge in [0, 0.05) is 18.3 Å². The van der Waals surface area contributed by atoms with Crippen molar-refractivity contribution in [3.8, 4) is 0 Å². The zero-order chi connectivity index (χ0) is 13.3. The summed E-state index contributed by atoms with van der Waals surface area (Å²) in [7, 11) is 0. The van der Waals surface area contributed by atoms with E-state index in [1.54, 1.807) is 0 Å². The molecule has 0 aromatic carbocycles. The Morgan fingerprint density at radius 2 is 2.11 bits per heavy atom. The van der Waals surface area contributed by atoms with Crippen LogP contribution < -0.4 is 0 Å². The maximum Gasteiger partial charge on any atom is 0.327 e. The number of amides is 2. The van der Waals surface area contributed by atoms with Crippen LogP contribution in [0.2, 0.25) is 0 Å². The largest absolute Gasteiger partial charge is 0.480 e. The summed E-state index contributed by atoms with van der Waals surface area (Å²) < 4.78 is 0. The van der Waals surface area contributed by atoms with Crippen LogP contribution in [0.25, 0.3) is 0 Å². The molecule has 0 spiro atoms. The molecule has 0 radical (unpaired) electrons. The van der Waals surface area contributed by atoms with Crippen molar-refractivity contribution < 1.29 is 14.7 Å². The summed E-state index contributed by atoms with van der Waals surface area (Å²) >= 11 is 1.51. The molecule has 6 heteroatoms. The van der Waals surface area contributed by atoms with E-state index in [2.05, 4.69) is 13.8 Å². The molecule has 5 nitrogen and oxygen atoms in total. The normalized spacial score (nSPS) is 23.5. The van der Waals surface area contributed by atoms with Crippen LogP contribution >= 0.6 is 11.8 Å². The van der Waals surface area contributed by atoms with E-state index >= 15 is 0 Å². The SMILES string of the molecule is CC(C)CN(C(=O)N1CSCC1C(=O)O)C1CC1. The van der Waals surface area contributed by atoms with Crippen LogP contribution in [-0.4, -0.2) is 57.2 Å². The summed E-state index contributed by atoms with van der Waals surface area (Å²) in [4.78, 5) is 26.9. The van der Waals surface area contributed by atoms with E-state index in [9.17, 15) is 9.59 Å². The first-order chi connectivity index (χ1) is 8.50. The summed E-state index contributed by atoms with van der Waals surface area (Å²) in [6, 6.07) is -0.417. The summed E-state index contributed by atoms with van der Waals surface area (Å²) in [5.74, 6) is 0.514. The third-order valence-corrected chi connectivity index (χ3v) is 4.22. The van der Waals surface area contributed by atoms with Crippen molar-refractivity contribution >= 4 is 23.8 Å². The van der Waals surface area contributed by atoms with Crippen LogP contribution in [0.3, 0.4) is 0 Å². The van der Waals surface area contributed by atoms with Crippen LogP contribution in [-0.2, 0) is 4.79 Å². The van der Waals surface area contributed by atoms with Crippen molar-refractivity contribution in [2.75, 3.05) is 18.2 Å². The molecule has 0 bridgehead atoms. The van der Waals surface area contributed by atoms with Gasteiger partial charge >= 0.3 is 12.0 Å². The Balaban J connectivity index is 2.05. The second-order valence-corrected chi connectivity index (χ2v) is 6.38. The highest BCUT2D eigenvalue weighted by Gasteiger charge is 2.41. The molecule has 1 aliphatic carbocycles. The molecule has 18 heavy (non-hydrogen) atoms. The number of rotatable bonds is 4. The second kappa shape index (κ2) is 5.38.